The van der Waals surface area contributed by atoms with Gasteiger partial charge in [0.2, 0.25) is 5.91 Å². The number of ether oxygens (including phenoxy) is 2. The Hall–Kier alpha value is -1.54. The van der Waals surface area contributed by atoms with Crippen molar-refractivity contribution in [2.45, 2.75) is 11.0 Å². The van der Waals surface area contributed by atoms with Gasteiger partial charge in [0, 0.05) is 20.2 Å². The van der Waals surface area contributed by atoms with Crippen molar-refractivity contribution >= 4 is 41.0 Å². The molecular weight excluding hydrogens is 348 g/mol. The molecule has 0 saturated carbocycles. The number of nitrogens with one attached hydrogen (secondary N) is 1. The molecule has 1 heterocycles. The number of hydrogen-bond acceptors (Lipinski definition) is 6. The molecule has 1 fully saturated rings. The summed E-state index contributed by atoms with van der Waals surface area (Å²) in [5.41, 5.74) is 0.805. The van der Waals surface area contributed by atoms with Crippen LogP contribution in [0.25, 0.3) is 0 Å². The topological polar surface area (TPSA) is 67.9 Å². The molecule has 6 nitrogen and oxygen atoms in total. The van der Waals surface area contributed by atoms with Gasteiger partial charge in [0.25, 0.3) is 5.91 Å². The Balaban J connectivity index is 2.34. The molecule has 1 saturated heterocycles. The Bertz CT molecular complexity index is 616. The third kappa shape index (κ3) is 4.30. The van der Waals surface area contributed by atoms with Gasteiger partial charge in [0.15, 0.2) is 11.5 Å². The SMILES string of the molecule is COc1cc(NC(=O)C2SCCCS2)c(C(=O)N(C)C)cc1OC. The second-order valence-electron chi connectivity index (χ2n) is 5.37. The van der Waals surface area contributed by atoms with Crippen molar-refractivity contribution in [3.05, 3.63) is 17.7 Å². The first kappa shape index (κ1) is 18.8. The quantitative estimate of drug-likeness (QED) is 0.859. The van der Waals surface area contributed by atoms with E-state index in [9.17, 15) is 9.59 Å². The Kier molecular flexibility index (Phi) is 6.68. The van der Waals surface area contributed by atoms with Gasteiger partial charge in [-0.05, 0) is 24.0 Å². The molecule has 1 aromatic rings. The highest BCUT2D eigenvalue weighted by Gasteiger charge is 2.25. The fourth-order valence-corrected chi connectivity index (χ4v) is 4.85. The molecule has 24 heavy (non-hydrogen) atoms. The van der Waals surface area contributed by atoms with Crippen LogP contribution in [0.5, 0.6) is 11.5 Å². The summed E-state index contributed by atoms with van der Waals surface area (Å²) in [7, 11) is 6.36. The first-order valence-electron chi connectivity index (χ1n) is 7.49. The minimum Gasteiger partial charge on any atom is -0.493 e. The first-order chi connectivity index (χ1) is 11.5. The van der Waals surface area contributed by atoms with Gasteiger partial charge in [-0.1, -0.05) is 0 Å². The Morgan fingerprint density at radius 2 is 1.71 bits per heavy atom. The standard InChI is InChI=1S/C16H22N2O4S2/c1-18(2)15(20)10-8-12(21-3)13(22-4)9-11(10)17-14(19)16-23-6-5-7-24-16/h8-9,16H,5-7H2,1-4H3,(H,17,19). The number of benzene rings is 1. The van der Waals surface area contributed by atoms with Gasteiger partial charge in [-0.2, -0.15) is 0 Å². The van der Waals surface area contributed by atoms with Crippen LogP contribution >= 0.6 is 23.5 Å². The van der Waals surface area contributed by atoms with Crippen molar-refractivity contribution in [2.24, 2.45) is 0 Å². The van der Waals surface area contributed by atoms with E-state index < -0.39 is 0 Å². The number of nitrogens with zero attached hydrogens (tertiary/aromatic N) is 1. The van der Waals surface area contributed by atoms with Crippen LogP contribution in [-0.4, -0.2) is 61.1 Å². The third-order valence-electron chi connectivity index (χ3n) is 3.46. The molecule has 1 N–H and O–H groups in total. The van der Waals surface area contributed by atoms with E-state index in [1.165, 1.54) is 19.1 Å². The lowest BCUT2D eigenvalue weighted by Gasteiger charge is -2.22. The highest BCUT2D eigenvalue weighted by atomic mass is 32.2. The smallest absolute Gasteiger partial charge is 0.255 e. The summed E-state index contributed by atoms with van der Waals surface area (Å²) in [6, 6.07) is 3.23. The molecule has 0 aromatic heterocycles. The highest BCUT2D eigenvalue weighted by Crippen LogP contribution is 2.36. The number of thioether (sulfide) groups is 2. The van der Waals surface area contributed by atoms with E-state index in [1.54, 1.807) is 49.8 Å². The molecule has 2 rings (SSSR count). The predicted molar refractivity (Wildman–Crippen MR) is 99.5 cm³/mol. The predicted octanol–water partition coefficient (Wildman–Crippen LogP) is 2.54. The van der Waals surface area contributed by atoms with Gasteiger partial charge in [-0.25, -0.2) is 0 Å². The molecule has 0 unspecified atom stereocenters. The molecule has 0 radical (unpaired) electrons. The third-order valence-corrected chi connectivity index (χ3v) is 6.36. The zero-order valence-corrected chi connectivity index (χ0v) is 15.9. The number of amides is 2. The van der Waals surface area contributed by atoms with Crippen LogP contribution in [0.15, 0.2) is 12.1 Å². The van der Waals surface area contributed by atoms with Crippen molar-refractivity contribution in [3.63, 3.8) is 0 Å². The molecule has 8 heteroatoms. The maximum Gasteiger partial charge on any atom is 0.255 e. The molecule has 2 amide bonds. The largest absolute Gasteiger partial charge is 0.493 e. The van der Waals surface area contributed by atoms with Gasteiger partial charge >= 0.3 is 0 Å². The van der Waals surface area contributed by atoms with Gasteiger partial charge in [0.1, 0.15) is 4.58 Å². The summed E-state index contributed by atoms with van der Waals surface area (Å²) in [5.74, 6) is 2.54. The zero-order valence-electron chi connectivity index (χ0n) is 14.3. The lowest BCUT2D eigenvalue weighted by atomic mass is 10.1. The molecule has 1 aliphatic rings. The molecule has 1 aromatic carbocycles. The molecule has 132 valence electrons. The second kappa shape index (κ2) is 8.53. The fourth-order valence-electron chi connectivity index (χ4n) is 2.23. The maximum atomic E-state index is 12.5. The van der Waals surface area contributed by atoms with Crippen molar-refractivity contribution < 1.29 is 19.1 Å². The van der Waals surface area contributed by atoms with Gasteiger partial charge in [-0.3, -0.25) is 9.59 Å². The monoisotopic (exact) mass is 370 g/mol. The van der Waals surface area contributed by atoms with Crippen molar-refractivity contribution in [2.75, 3.05) is 45.1 Å². The summed E-state index contributed by atoms with van der Waals surface area (Å²) in [6.07, 6.45) is 1.11. The number of anilines is 1. The molecule has 0 atom stereocenters. The second-order valence-corrected chi connectivity index (χ2v) is 8.09. The van der Waals surface area contributed by atoms with E-state index in [0.717, 1.165) is 17.9 Å². The van der Waals surface area contributed by atoms with Crippen LogP contribution in [0.2, 0.25) is 0 Å². The Morgan fingerprint density at radius 3 is 2.25 bits per heavy atom. The summed E-state index contributed by atoms with van der Waals surface area (Å²) < 4.78 is 10.4. The highest BCUT2D eigenvalue weighted by molar-refractivity contribution is 8.18. The van der Waals surface area contributed by atoms with Crippen LogP contribution in [0.3, 0.4) is 0 Å². The minimum atomic E-state index is -0.213. The number of rotatable bonds is 5. The molecule has 0 spiro atoms. The summed E-state index contributed by atoms with van der Waals surface area (Å²) in [6.45, 7) is 0. The average molecular weight is 370 g/mol. The van der Waals surface area contributed by atoms with E-state index >= 15 is 0 Å². The molecular formula is C16H22N2O4S2. The summed E-state index contributed by atoms with van der Waals surface area (Å²) in [5, 5.41) is 2.88. The number of methoxy groups -OCH3 is 2. The summed E-state index contributed by atoms with van der Waals surface area (Å²) in [4.78, 5) is 26.4. The molecule has 0 bridgehead atoms. The van der Waals surface area contributed by atoms with E-state index in [4.69, 9.17) is 9.47 Å². The Morgan fingerprint density at radius 1 is 1.12 bits per heavy atom. The van der Waals surface area contributed by atoms with Crippen molar-refractivity contribution in [3.8, 4) is 11.5 Å². The van der Waals surface area contributed by atoms with Crippen LogP contribution < -0.4 is 14.8 Å². The molecule has 1 aliphatic heterocycles. The number of carbonyl (C=O) groups excluding carboxylic acids is 2. The van der Waals surface area contributed by atoms with Crippen LogP contribution in [0, 0.1) is 0 Å². The zero-order chi connectivity index (χ0) is 17.7. The first-order valence-corrected chi connectivity index (χ1v) is 9.59. The molecule has 0 aliphatic carbocycles. The van der Waals surface area contributed by atoms with E-state index in [-0.39, 0.29) is 16.4 Å². The maximum absolute atomic E-state index is 12.5. The average Bonchev–Trinajstić information content (AvgIpc) is 2.61. The normalized spacial score (nSPS) is 14.8. The summed E-state index contributed by atoms with van der Waals surface area (Å²) >= 11 is 3.26. The van der Waals surface area contributed by atoms with Crippen LogP contribution in [0.1, 0.15) is 16.8 Å². The van der Waals surface area contributed by atoms with E-state index in [1.807, 2.05) is 0 Å². The Labute approximate surface area is 150 Å². The van der Waals surface area contributed by atoms with Crippen molar-refractivity contribution in [1.29, 1.82) is 0 Å². The minimum absolute atomic E-state index is 0.107. The van der Waals surface area contributed by atoms with E-state index in [2.05, 4.69) is 5.32 Å². The lowest BCUT2D eigenvalue weighted by molar-refractivity contribution is -0.114. The van der Waals surface area contributed by atoms with Gasteiger partial charge in [0.05, 0.1) is 25.5 Å². The lowest BCUT2D eigenvalue weighted by Crippen LogP contribution is -2.28. The van der Waals surface area contributed by atoms with Crippen LogP contribution in [0.4, 0.5) is 5.69 Å². The van der Waals surface area contributed by atoms with Crippen molar-refractivity contribution in [1.82, 2.24) is 4.90 Å². The van der Waals surface area contributed by atoms with Gasteiger partial charge in [-0.15, -0.1) is 23.5 Å². The van der Waals surface area contributed by atoms with E-state index in [0.29, 0.717) is 22.7 Å². The number of carbonyl (C=O) groups is 2. The number of hydrogen-bond donors (Lipinski definition) is 1. The van der Waals surface area contributed by atoms with Gasteiger partial charge < -0.3 is 19.7 Å². The van der Waals surface area contributed by atoms with Crippen LogP contribution in [-0.2, 0) is 4.79 Å². The fraction of sp³-hybridized carbons (Fsp3) is 0.500.